The molecular formula is C13H9F3N2O2S. The maximum absolute atomic E-state index is 12.5. The molecule has 0 radical (unpaired) electrons. The van der Waals surface area contributed by atoms with E-state index in [1.165, 1.54) is 6.07 Å². The van der Waals surface area contributed by atoms with Gasteiger partial charge in [0.2, 0.25) is 5.78 Å². The fourth-order valence-corrected chi connectivity index (χ4v) is 2.73. The Morgan fingerprint density at radius 1 is 1.38 bits per heavy atom. The molecule has 0 saturated heterocycles. The van der Waals surface area contributed by atoms with Gasteiger partial charge in [-0.25, -0.2) is 4.98 Å². The molecule has 21 heavy (non-hydrogen) atoms. The van der Waals surface area contributed by atoms with E-state index in [0.717, 1.165) is 6.20 Å². The van der Waals surface area contributed by atoms with Crippen molar-refractivity contribution in [3.63, 3.8) is 0 Å². The number of ether oxygens (including phenoxy) is 1. The van der Waals surface area contributed by atoms with Crippen LogP contribution in [-0.4, -0.2) is 23.9 Å². The maximum atomic E-state index is 12.5. The average molecular weight is 314 g/mol. The summed E-state index contributed by atoms with van der Waals surface area (Å²) < 4.78 is 43.1. The van der Waals surface area contributed by atoms with E-state index >= 15 is 0 Å². The Bertz CT molecular complexity index is 697. The number of benzene rings is 1. The predicted octanol–water partition coefficient (Wildman–Crippen LogP) is 3.20. The quantitative estimate of drug-likeness (QED) is 0.865. The number of fused-ring (bicyclic) bond motifs is 1. The molecule has 1 N–H and O–H groups in total. The Hall–Kier alpha value is -2.09. The minimum Gasteiger partial charge on any atom is -0.489 e. The number of para-hydroxylation sites is 1. The molecule has 0 saturated carbocycles. The van der Waals surface area contributed by atoms with Crippen LogP contribution in [-0.2, 0) is 6.18 Å². The van der Waals surface area contributed by atoms with Crippen LogP contribution in [0.15, 0.2) is 24.4 Å². The molecule has 3 rings (SSSR count). The molecule has 1 aliphatic rings. The van der Waals surface area contributed by atoms with Gasteiger partial charge in [-0.05, 0) is 12.1 Å². The molecule has 2 aromatic rings. The lowest BCUT2D eigenvalue weighted by atomic mass is 10.1. The summed E-state index contributed by atoms with van der Waals surface area (Å²) in [5, 5.41) is 2.04. The number of aromatic nitrogens is 1. The van der Waals surface area contributed by atoms with Gasteiger partial charge in [0.25, 0.3) is 0 Å². The molecule has 1 aromatic carbocycles. The summed E-state index contributed by atoms with van der Waals surface area (Å²) in [5.41, 5.74) is 0.893. The molecule has 4 nitrogen and oxygen atoms in total. The van der Waals surface area contributed by atoms with Gasteiger partial charge >= 0.3 is 6.18 Å². The number of halogens is 3. The van der Waals surface area contributed by atoms with Crippen LogP contribution >= 0.6 is 11.3 Å². The number of nitrogens with one attached hydrogen (secondary N) is 1. The third-order valence-corrected chi connectivity index (χ3v) is 3.94. The minimum absolute atomic E-state index is 0.0649. The standard InChI is InChI=1S/C13H9F3N2O2S/c14-13(15,16)12-18-6-9(21-12)10(19)7-2-1-3-8-11(7)20-5-4-17-8/h1-3,6,17H,4-5H2. The van der Waals surface area contributed by atoms with Gasteiger partial charge in [0.15, 0.2) is 10.8 Å². The Balaban J connectivity index is 1.98. The van der Waals surface area contributed by atoms with Gasteiger partial charge in [-0.3, -0.25) is 4.79 Å². The van der Waals surface area contributed by atoms with Gasteiger partial charge in [0.05, 0.1) is 16.1 Å². The third kappa shape index (κ3) is 2.58. The summed E-state index contributed by atoms with van der Waals surface area (Å²) in [6.07, 6.45) is -3.59. The topological polar surface area (TPSA) is 51.2 Å². The van der Waals surface area contributed by atoms with E-state index in [4.69, 9.17) is 4.74 Å². The highest BCUT2D eigenvalue weighted by Gasteiger charge is 2.35. The number of carbonyl (C=O) groups is 1. The van der Waals surface area contributed by atoms with Crippen molar-refractivity contribution in [3.05, 3.63) is 39.8 Å². The lowest BCUT2D eigenvalue weighted by Gasteiger charge is -2.20. The van der Waals surface area contributed by atoms with E-state index < -0.39 is 17.0 Å². The Morgan fingerprint density at radius 2 is 2.19 bits per heavy atom. The Kier molecular flexibility index (Phi) is 3.32. The largest absolute Gasteiger partial charge is 0.489 e. The first kappa shape index (κ1) is 13.9. The molecule has 1 aromatic heterocycles. The molecule has 2 heterocycles. The SMILES string of the molecule is O=C(c1cnc(C(F)(F)F)s1)c1cccc2c1OCCN2. The van der Waals surface area contributed by atoms with E-state index in [1.54, 1.807) is 12.1 Å². The first-order valence-electron chi connectivity index (χ1n) is 6.04. The second-order valence-electron chi connectivity index (χ2n) is 4.31. The summed E-state index contributed by atoms with van der Waals surface area (Å²) >= 11 is 0.332. The average Bonchev–Trinajstić information content (AvgIpc) is 2.96. The number of hydrogen-bond donors (Lipinski definition) is 1. The fourth-order valence-electron chi connectivity index (χ4n) is 1.99. The zero-order chi connectivity index (χ0) is 15.0. The summed E-state index contributed by atoms with van der Waals surface area (Å²) in [6.45, 7) is 1.01. The predicted molar refractivity (Wildman–Crippen MR) is 71.0 cm³/mol. The zero-order valence-electron chi connectivity index (χ0n) is 10.5. The van der Waals surface area contributed by atoms with Gasteiger partial charge < -0.3 is 10.1 Å². The summed E-state index contributed by atoms with van der Waals surface area (Å²) in [6, 6.07) is 4.93. The van der Waals surface area contributed by atoms with Crippen molar-refractivity contribution in [2.45, 2.75) is 6.18 Å². The number of ketones is 1. The van der Waals surface area contributed by atoms with E-state index in [1.807, 2.05) is 0 Å². The lowest BCUT2D eigenvalue weighted by molar-refractivity contribution is -0.137. The van der Waals surface area contributed by atoms with Crippen molar-refractivity contribution in [1.82, 2.24) is 4.98 Å². The number of rotatable bonds is 2. The van der Waals surface area contributed by atoms with Gasteiger partial charge in [0.1, 0.15) is 6.61 Å². The van der Waals surface area contributed by atoms with E-state index in [2.05, 4.69) is 10.3 Å². The van der Waals surface area contributed by atoms with Crippen LogP contribution in [0.3, 0.4) is 0 Å². The maximum Gasteiger partial charge on any atom is 0.443 e. The fraction of sp³-hybridized carbons (Fsp3) is 0.231. The summed E-state index contributed by atoms with van der Waals surface area (Å²) in [7, 11) is 0. The Labute approximate surface area is 121 Å². The first-order chi connectivity index (χ1) is 9.97. The van der Waals surface area contributed by atoms with Gasteiger partial charge in [-0.2, -0.15) is 13.2 Å². The normalized spacial score (nSPS) is 14.0. The highest BCUT2D eigenvalue weighted by Crippen LogP contribution is 2.36. The first-order valence-corrected chi connectivity index (χ1v) is 6.86. The smallest absolute Gasteiger partial charge is 0.443 e. The monoisotopic (exact) mass is 314 g/mol. The summed E-state index contributed by atoms with van der Waals surface area (Å²) in [4.78, 5) is 15.6. The molecule has 8 heteroatoms. The van der Waals surface area contributed by atoms with Crippen molar-refractivity contribution in [1.29, 1.82) is 0 Å². The second kappa shape index (κ2) is 5.03. The van der Waals surface area contributed by atoms with Crippen LogP contribution in [0, 0.1) is 0 Å². The number of thiazole rings is 1. The molecule has 1 aliphatic heterocycles. The highest BCUT2D eigenvalue weighted by atomic mass is 32.1. The van der Waals surface area contributed by atoms with Crippen LogP contribution in [0.25, 0.3) is 0 Å². The minimum atomic E-state index is -4.54. The van der Waals surface area contributed by atoms with Crippen molar-refractivity contribution in [2.24, 2.45) is 0 Å². The van der Waals surface area contributed by atoms with Crippen LogP contribution in [0.5, 0.6) is 5.75 Å². The van der Waals surface area contributed by atoms with Crippen molar-refractivity contribution in [2.75, 3.05) is 18.5 Å². The highest BCUT2D eigenvalue weighted by molar-refractivity contribution is 7.14. The number of nitrogens with zero attached hydrogens (tertiary/aromatic N) is 1. The van der Waals surface area contributed by atoms with E-state index in [0.29, 0.717) is 35.9 Å². The van der Waals surface area contributed by atoms with Crippen LogP contribution < -0.4 is 10.1 Å². The van der Waals surface area contributed by atoms with E-state index in [9.17, 15) is 18.0 Å². The van der Waals surface area contributed by atoms with Crippen LogP contribution in [0.2, 0.25) is 0 Å². The molecule has 0 fully saturated rings. The molecule has 0 unspecified atom stereocenters. The van der Waals surface area contributed by atoms with Crippen LogP contribution in [0.1, 0.15) is 20.2 Å². The molecular weight excluding hydrogens is 305 g/mol. The molecule has 0 bridgehead atoms. The third-order valence-electron chi connectivity index (χ3n) is 2.90. The molecule has 0 aliphatic carbocycles. The van der Waals surface area contributed by atoms with Gasteiger partial charge in [-0.1, -0.05) is 6.07 Å². The van der Waals surface area contributed by atoms with Crippen molar-refractivity contribution >= 4 is 22.8 Å². The Morgan fingerprint density at radius 3 is 2.90 bits per heavy atom. The summed E-state index contributed by atoms with van der Waals surface area (Å²) in [5.74, 6) is -0.153. The number of carbonyl (C=O) groups excluding carboxylic acids is 1. The molecule has 0 spiro atoms. The van der Waals surface area contributed by atoms with Gasteiger partial charge in [-0.15, -0.1) is 11.3 Å². The number of alkyl halides is 3. The van der Waals surface area contributed by atoms with Crippen molar-refractivity contribution < 1.29 is 22.7 Å². The lowest BCUT2D eigenvalue weighted by Crippen LogP contribution is -2.20. The molecule has 0 amide bonds. The molecule has 110 valence electrons. The zero-order valence-corrected chi connectivity index (χ0v) is 11.3. The molecule has 0 atom stereocenters. The van der Waals surface area contributed by atoms with Crippen molar-refractivity contribution in [3.8, 4) is 5.75 Å². The second-order valence-corrected chi connectivity index (χ2v) is 5.34. The number of hydrogen-bond acceptors (Lipinski definition) is 5. The van der Waals surface area contributed by atoms with Gasteiger partial charge in [0, 0.05) is 12.7 Å². The number of anilines is 1. The van der Waals surface area contributed by atoms with Crippen LogP contribution in [0.4, 0.5) is 18.9 Å². The van der Waals surface area contributed by atoms with E-state index in [-0.39, 0.29) is 10.4 Å².